The molecular weight excluding hydrogens is 228 g/mol. The number of carbonyl (C=O) groups excluding carboxylic acids is 1. The molecule has 4 nitrogen and oxygen atoms in total. The van der Waals surface area contributed by atoms with Crippen LogP contribution >= 0.6 is 0 Å². The SMILES string of the molecule is O=C(N/C=C/C1CCCCC1)NCCCCCO. The molecule has 0 aromatic heterocycles. The number of unbranched alkanes of at least 4 members (excludes halogenated alkanes) is 2. The first kappa shape index (κ1) is 15.0. The van der Waals surface area contributed by atoms with Gasteiger partial charge in [0.15, 0.2) is 0 Å². The van der Waals surface area contributed by atoms with Crippen molar-refractivity contribution in [2.45, 2.75) is 51.4 Å². The minimum absolute atomic E-state index is 0.133. The summed E-state index contributed by atoms with van der Waals surface area (Å²) in [6, 6.07) is -0.133. The minimum atomic E-state index is -0.133. The van der Waals surface area contributed by atoms with E-state index in [4.69, 9.17) is 5.11 Å². The second-order valence-electron chi connectivity index (χ2n) is 4.94. The van der Waals surface area contributed by atoms with E-state index in [9.17, 15) is 4.79 Å². The highest BCUT2D eigenvalue weighted by Gasteiger charge is 2.09. The second-order valence-corrected chi connectivity index (χ2v) is 4.94. The molecule has 1 aliphatic rings. The van der Waals surface area contributed by atoms with Crippen LogP contribution in [0.3, 0.4) is 0 Å². The van der Waals surface area contributed by atoms with Gasteiger partial charge in [0.05, 0.1) is 0 Å². The molecule has 18 heavy (non-hydrogen) atoms. The molecule has 2 amide bonds. The zero-order chi connectivity index (χ0) is 13.1. The Morgan fingerprint density at radius 2 is 1.94 bits per heavy atom. The number of aliphatic hydroxyl groups excluding tert-OH is 1. The normalized spacial score (nSPS) is 16.9. The zero-order valence-electron chi connectivity index (χ0n) is 11.2. The molecule has 1 rings (SSSR count). The quantitative estimate of drug-likeness (QED) is 0.611. The van der Waals surface area contributed by atoms with E-state index in [0.717, 1.165) is 19.3 Å². The fraction of sp³-hybridized carbons (Fsp3) is 0.786. The first-order valence-electron chi connectivity index (χ1n) is 7.15. The van der Waals surface area contributed by atoms with Crippen LogP contribution in [0.25, 0.3) is 0 Å². The predicted molar refractivity (Wildman–Crippen MR) is 73.2 cm³/mol. The lowest BCUT2D eigenvalue weighted by atomic mass is 9.89. The molecule has 0 spiro atoms. The summed E-state index contributed by atoms with van der Waals surface area (Å²) in [5.74, 6) is 0.642. The van der Waals surface area contributed by atoms with Crippen LogP contribution in [-0.4, -0.2) is 24.3 Å². The number of aliphatic hydroxyl groups is 1. The van der Waals surface area contributed by atoms with E-state index >= 15 is 0 Å². The number of hydrogen-bond donors (Lipinski definition) is 3. The van der Waals surface area contributed by atoms with Gasteiger partial charge in [0.1, 0.15) is 0 Å². The average Bonchev–Trinajstić information content (AvgIpc) is 2.40. The molecule has 3 N–H and O–H groups in total. The molecule has 0 unspecified atom stereocenters. The number of allylic oxidation sites excluding steroid dienone is 1. The first-order chi connectivity index (χ1) is 8.83. The molecule has 0 heterocycles. The van der Waals surface area contributed by atoms with Gasteiger partial charge in [0.2, 0.25) is 0 Å². The number of urea groups is 1. The number of amides is 2. The van der Waals surface area contributed by atoms with Crippen LogP contribution in [0.1, 0.15) is 51.4 Å². The van der Waals surface area contributed by atoms with Gasteiger partial charge in [0.25, 0.3) is 0 Å². The van der Waals surface area contributed by atoms with Crippen molar-refractivity contribution in [1.82, 2.24) is 10.6 Å². The summed E-state index contributed by atoms with van der Waals surface area (Å²) in [7, 11) is 0. The lowest BCUT2D eigenvalue weighted by Gasteiger charge is -2.17. The van der Waals surface area contributed by atoms with E-state index in [1.165, 1.54) is 32.1 Å². The highest BCUT2D eigenvalue weighted by molar-refractivity contribution is 5.74. The maximum atomic E-state index is 11.4. The van der Waals surface area contributed by atoms with Crippen LogP contribution in [0, 0.1) is 5.92 Å². The molecule has 0 saturated heterocycles. The lowest BCUT2D eigenvalue weighted by molar-refractivity contribution is 0.243. The van der Waals surface area contributed by atoms with E-state index in [1.807, 2.05) is 0 Å². The highest BCUT2D eigenvalue weighted by Crippen LogP contribution is 2.24. The minimum Gasteiger partial charge on any atom is -0.396 e. The Balaban J connectivity index is 2.00. The Labute approximate surface area is 110 Å². The summed E-state index contributed by atoms with van der Waals surface area (Å²) in [5.41, 5.74) is 0. The third-order valence-corrected chi connectivity index (χ3v) is 3.35. The largest absolute Gasteiger partial charge is 0.396 e. The first-order valence-corrected chi connectivity index (χ1v) is 7.15. The summed E-state index contributed by atoms with van der Waals surface area (Å²) >= 11 is 0. The van der Waals surface area contributed by atoms with Crippen molar-refractivity contribution in [3.8, 4) is 0 Å². The Kier molecular flexibility index (Phi) is 8.30. The van der Waals surface area contributed by atoms with Crippen molar-refractivity contribution >= 4 is 6.03 Å². The molecule has 0 aromatic carbocycles. The van der Waals surface area contributed by atoms with E-state index in [-0.39, 0.29) is 12.6 Å². The molecule has 1 aliphatic carbocycles. The standard InChI is InChI=1S/C14H26N2O2/c17-12-6-2-5-10-15-14(18)16-11-9-13-7-3-1-4-8-13/h9,11,13,17H,1-8,10,12H2,(H2,15,16,18)/b11-9+. The summed E-state index contributed by atoms with van der Waals surface area (Å²) in [6.45, 7) is 0.902. The summed E-state index contributed by atoms with van der Waals surface area (Å²) < 4.78 is 0. The number of nitrogens with one attached hydrogen (secondary N) is 2. The maximum absolute atomic E-state index is 11.4. The Hall–Kier alpha value is -1.03. The molecule has 4 heteroatoms. The van der Waals surface area contributed by atoms with Crippen molar-refractivity contribution in [3.63, 3.8) is 0 Å². The van der Waals surface area contributed by atoms with Crippen molar-refractivity contribution < 1.29 is 9.90 Å². The molecule has 1 fully saturated rings. The van der Waals surface area contributed by atoms with Crippen LogP contribution in [0.2, 0.25) is 0 Å². The topological polar surface area (TPSA) is 61.4 Å². The van der Waals surface area contributed by atoms with Crippen molar-refractivity contribution in [1.29, 1.82) is 0 Å². The molecule has 0 aliphatic heterocycles. The van der Waals surface area contributed by atoms with Gasteiger partial charge in [-0.2, -0.15) is 0 Å². The Bertz CT molecular complexity index is 248. The summed E-state index contributed by atoms with van der Waals surface area (Å²) in [6.07, 6.45) is 13.1. The second kappa shape index (κ2) is 9.95. The fourth-order valence-corrected chi connectivity index (χ4v) is 2.25. The van der Waals surface area contributed by atoms with E-state index in [1.54, 1.807) is 6.20 Å². The smallest absolute Gasteiger partial charge is 0.318 e. The van der Waals surface area contributed by atoms with Gasteiger partial charge in [-0.3, -0.25) is 0 Å². The molecule has 104 valence electrons. The van der Waals surface area contributed by atoms with Gasteiger partial charge in [-0.25, -0.2) is 4.79 Å². The van der Waals surface area contributed by atoms with Gasteiger partial charge >= 0.3 is 6.03 Å². The van der Waals surface area contributed by atoms with Crippen LogP contribution in [0.5, 0.6) is 0 Å². The maximum Gasteiger partial charge on any atom is 0.318 e. The number of carbonyl (C=O) groups is 1. The number of hydrogen-bond acceptors (Lipinski definition) is 2. The summed E-state index contributed by atoms with van der Waals surface area (Å²) in [4.78, 5) is 11.4. The zero-order valence-corrected chi connectivity index (χ0v) is 11.2. The molecule has 0 radical (unpaired) electrons. The molecule has 0 aromatic rings. The van der Waals surface area contributed by atoms with Gasteiger partial charge in [-0.05, 0) is 38.0 Å². The number of rotatable bonds is 7. The highest BCUT2D eigenvalue weighted by atomic mass is 16.2. The lowest BCUT2D eigenvalue weighted by Crippen LogP contribution is -2.32. The monoisotopic (exact) mass is 254 g/mol. The van der Waals surface area contributed by atoms with E-state index in [2.05, 4.69) is 16.7 Å². The van der Waals surface area contributed by atoms with Crippen molar-refractivity contribution in [2.24, 2.45) is 5.92 Å². The molecule has 0 atom stereocenters. The summed E-state index contributed by atoms with van der Waals surface area (Å²) in [5, 5.41) is 14.1. The van der Waals surface area contributed by atoms with Crippen LogP contribution < -0.4 is 10.6 Å². The van der Waals surface area contributed by atoms with Crippen LogP contribution in [-0.2, 0) is 0 Å². The molecular formula is C14H26N2O2. The van der Waals surface area contributed by atoms with Gasteiger partial charge in [-0.1, -0.05) is 25.3 Å². The average molecular weight is 254 g/mol. The van der Waals surface area contributed by atoms with Gasteiger partial charge in [-0.15, -0.1) is 0 Å². The van der Waals surface area contributed by atoms with E-state index < -0.39 is 0 Å². The van der Waals surface area contributed by atoms with Gasteiger partial charge in [0, 0.05) is 19.4 Å². The van der Waals surface area contributed by atoms with E-state index in [0.29, 0.717) is 12.5 Å². The Morgan fingerprint density at radius 3 is 2.67 bits per heavy atom. The van der Waals surface area contributed by atoms with Gasteiger partial charge < -0.3 is 15.7 Å². The van der Waals surface area contributed by atoms with Crippen LogP contribution in [0.15, 0.2) is 12.3 Å². The third-order valence-electron chi connectivity index (χ3n) is 3.35. The Morgan fingerprint density at radius 1 is 1.17 bits per heavy atom. The molecule has 0 bridgehead atoms. The van der Waals surface area contributed by atoms with Crippen molar-refractivity contribution in [2.75, 3.05) is 13.2 Å². The molecule has 1 saturated carbocycles. The predicted octanol–water partition coefficient (Wildman–Crippen LogP) is 2.54. The van der Waals surface area contributed by atoms with Crippen molar-refractivity contribution in [3.05, 3.63) is 12.3 Å². The third kappa shape index (κ3) is 7.33. The van der Waals surface area contributed by atoms with Crippen LogP contribution in [0.4, 0.5) is 4.79 Å². The fourth-order valence-electron chi connectivity index (χ4n) is 2.25.